The van der Waals surface area contributed by atoms with Crippen molar-refractivity contribution in [2.45, 2.75) is 63.4 Å². The molecule has 0 saturated heterocycles. The highest BCUT2D eigenvalue weighted by molar-refractivity contribution is 7.99. The number of aromatic nitrogens is 3. The first kappa shape index (κ1) is 15.8. The van der Waals surface area contributed by atoms with Gasteiger partial charge in [0.15, 0.2) is 5.16 Å². The zero-order valence-corrected chi connectivity index (χ0v) is 14.2. The second-order valence-electron chi connectivity index (χ2n) is 6.86. The van der Waals surface area contributed by atoms with Crippen molar-refractivity contribution in [3.8, 4) is 0 Å². The van der Waals surface area contributed by atoms with E-state index in [1.54, 1.807) is 6.33 Å². The van der Waals surface area contributed by atoms with Crippen LogP contribution in [0.1, 0.15) is 47.0 Å². The van der Waals surface area contributed by atoms with Gasteiger partial charge in [0.25, 0.3) is 0 Å². The van der Waals surface area contributed by atoms with Gasteiger partial charge in [-0.05, 0) is 37.1 Å². The molecule has 1 N–H and O–H groups in total. The van der Waals surface area contributed by atoms with Crippen molar-refractivity contribution in [3.05, 3.63) is 6.33 Å². The number of rotatable bonds is 4. The Morgan fingerprint density at radius 3 is 2.70 bits per heavy atom. The first-order valence-corrected chi connectivity index (χ1v) is 8.53. The summed E-state index contributed by atoms with van der Waals surface area (Å²) in [5, 5.41) is 9.47. The predicted octanol–water partition coefficient (Wildman–Crippen LogP) is 3.10. The lowest BCUT2D eigenvalue weighted by atomic mass is 9.71. The molecule has 0 aromatic carbocycles. The van der Waals surface area contributed by atoms with Gasteiger partial charge in [-0.25, -0.2) is 9.67 Å². The molecule has 0 radical (unpaired) electrons. The molecule has 0 spiro atoms. The number of thioether (sulfide) groups is 1. The monoisotopic (exact) mass is 296 g/mol. The van der Waals surface area contributed by atoms with E-state index in [-0.39, 0.29) is 0 Å². The van der Waals surface area contributed by atoms with Crippen molar-refractivity contribution in [2.24, 2.45) is 18.4 Å². The molecule has 0 bridgehead atoms. The minimum absolute atomic E-state index is 0.399. The molecular weight excluding hydrogens is 268 g/mol. The summed E-state index contributed by atoms with van der Waals surface area (Å²) in [6.07, 6.45) is 5.51. The van der Waals surface area contributed by atoms with E-state index in [1.165, 1.54) is 19.3 Å². The van der Waals surface area contributed by atoms with Crippen LogP contribution in [0.15, 0.2) is 11.5 Å². The number of nitrogens with one attached hydrogen (secondary N) is 1. The van der Waals surface area contributed by atoms with E-state index in [0.717, 1.165) is 17.6 Å². The molecule has 1 aromatic heterocycles. The molecule has 0 aliphatic heterocycles. The van der Waals surface area contributed by atoms with Crippen molar-refractivity contribution in [1.82, 2.24) is 20.1 Å². The van der Waals surface area contributed by atoms with E-state index in [2.05, 4.69) is 43.1 Å². The molecule has 3 unspecified atom stereocenters. The summed E-state index contributed by atoms with van der Waals surface area (Å²) in [6.45, 7) is 10.3. The molecule has 5 heteroatoms. The third-order valence-electron chi connectivity index (χ3n) is 4.41. The summed E-state index contributed by atoms with van der Waals surface area (Å²) >= 11 is 1.89. The van der Waals surface area contributed by atoms with Crippen LogP contribution in [0.2, 0.25) is 0 Å². The van der Waals surface area contributed by atoms with Gasteiger partial charge in [0.05, 0.1) is 0 Å². The Morgan fingerprint density at radius 2 is 2.15 bits per heavy atom. The van der Waals surface area contributed by atoms with E-state index in [0.29, 0.717) is 16.7 Å². The first-order valence-electron chi connectivity index (χ1n) is 7.65. The molecule has 1 fully saturated rings. The highest BCUT2D eigenvalue weighted by atomic mass is 32.2. The van der Waals surface area contributed by atoms with Crippen LogP contribution in [0, 0.1) is 11.3 Å². The van der Waals surface area contributed by atoms with Crippen LogP contribution >= 0.6 is 11.8 Å². The van der Waals surface area contributed by atoms with Gasteiger partial charge in [-0.3, -0.25) is 0 Å². The molecule has 1 aliphatic rings. The number of hydrogen-bond donors (Lipinski definition) is 1. The number of aryl methyl sites for hydroxylation is 1. The second-order valence-corrected chi connectivity index (χ2v) is 8.07. The lowest BCUT2D eigenvalue weighted by Gasteiger charge is -2.41. The van der Waals surface area contributed by atoms with Gasteiger partial charge in [-0.2, -0.15) is 5.10 Å². The fraction of sp³-hybridized carbons (Fsp3) is 0.867. The van der Waals surface area contributed by atoms with Gasteiger partial charge in [-0.15, -0.1) is 0 Å². The highest BCUT2D eigenvalue weighted by Crippen LogP contribution is 2.42. The SMILES string of the molecule is CCNC1CCC(C(C)(C)C)CC1Sc1ncnn1C. The predicted molar refractivity (Wildman–Crippen MR) is 84.9 cm³/mol. The lowest BCUT2D eigenvalue weighted by Crippen LogP contribution is -2.44. The summed E-state index contributed by atoms with van der Waals surface area (Å²) < 4.78 is 1.88. The van der Waals surface area contributed by atoms with Gasteiger partial charge in [-0.1, -0.05) is 39.5 Å². The first-order chi connectivity index (χ1) is 9.41. The van der Waals surface area contributed by atoms with Crippen LogP contribution in [0.3, 0.4) is 0 Å². The largest absolute Gasteiger partial charge is 0.313 e. The zero-order valence-electron chi connectivity index (χ0n) is 13.4. The summed E-state index contributed by atoms with van der Waals surface area (Å²) in [5.41, 5.74) is 0.399. The van der Waals surface area contributed by atoms with Gasteiger partial charge in [0, 0.05) is 18.3 Å². The average molecular weight is 296 g/mol. The topological polar surface area (TPSA) is 42.7 Å². The Labute approximate surface area is 127 Å². The van der Waals surface area contributed by atoms with E-state index in [9.17, 15) is 0 Å². The van der Waals surface area contributed by atoms with E-state index < -0.39 is 0 Å². The van der Waals surface area contributed by atoms with Gasteiger partial charge in [0.1, 0.15) is 6.33 Å². The van der Waals surface area contributed by atoms with Crippen LogP contribution in [-0.2, 0) is 7.05 Å². The molecule has 1 saturated carbocycles. The summed E-state index contributed by atoms with van der Waals surface area (Å²) in [4.78, 5) is 4.38. The number of nitrogens with zero attached hydrogens (tertiary/aromatic N) is 3. The van der Waals surface area contributed by atoms with Gasteiger partial charge in [0.2, 0.25) is 0 Å². The Morgan fingerprint density at radius 1 is 1.40 bits per heavy atom. The Balaban J connectivity index is 2.08. The van der Waals surface area contributed by atoms with Crippen LogP contribution in [0.4, 0.5) is 0 Å². The summed E-state index contributed by atoms with van der Waals surface area (Å²) in [6, 6.07) is 0.597. The fourth-order valence-corrected chi connectivity index (χ4v) is 4.37. The van der Waals surface area contributed by atoms with Crippen LogP contribution in [0.25, 0.3) is 0 Å². The summed E-state index contributed by atoms with van der Waals surface area (Å²) in [5.74, 6) is 0.795. The van der Waals surface area contributed by atoms with E-state index in [4.69, 9.17) is 0 Å². The maximum atomic E-state index is 4.38. The zero-order chi connectivity index (χ0) is 14.8. The number of hydrogen-bond acceptors (Lipinski definition) is 4. The minimum atomic E-state index is 0.399. The third kappa shape index (κ3) is 3.76. The van der Waals surface area contributed by atoms with Crippen molar-refractivity contribution in [2.75, 3.05) is 6.54 Å². The van der Waals surface area contributed by atoms with Crippen molar-refractivity contribution >= 4 is 11.8 Å². The van der Waals surface area contributed by atoms with E-state index >= 15 is 0 Å². The minimum Gasteiger partial charge on any atom is -0.313 e. The second kappa shape index (κ2) is 6.48. The Kier molecular flexibility index (Phi) is 5.13. The molecule has 4 nitrogen and oxygen atoms in total. The van der Waals surface area contributed by atoms with Crippen molar-refractivity contribution < 1.29 is 0 Å². The maximum Gasteiger partial charge on any atom is 0.186 e. The molecule has 20 heavy (non-hydrogen) atoms. The van der Waals surface area contributed by atoms with Crippen LogP contribution < -0.4 is 5.32 Å². The molecule has 2 rings (SSSR count). The van der Waals surface area contributed by atoms with Crippen LogP contribution in [0.5, 0.6) is 0 Å². The Hall–Kier alpha value is -0.550. The average Bonchev–Trinajstić information content (AvgIpc) is 2.76. The molecule has 1 aromatic rings. The molecule has 114 valence electrons. The maximum absolute atomic E-state index is 4.38. The molecule has 1 heterocycles. The molecule has 1 aliphatic carbocycles. The molecule has 3 atom stereocenters. The quantitative estimate of drug-likeness (QED) is 0.927. The smallest absolute Gasteiger partial charge is 0.186 e. The van der Waals surface area contributed by atoms with Gasteiger partial charge >= 0.3 is 0 Å². The summed E-state index contributed by atoms with van der Waals surface area (Å²) in [7, 11) is 1.97. The van der Waals surface area contributed by atoms with Crippen LogP contribution in [-0.4, -0.2) is 32.6 Å². The van der Waals surface area contributed by atoms with Crippen molar-refractivity contribution in [3.63, 3.8) is 0 Å². The van der Waals surface area contributed by atoms with E-state index in [1.807, 2.05) is 23.5 Å². The fourth-order valence-electron chi connectivity index (χ4n) is 3.07. The highest BCUT2D eigenvalue weighted by Gasteiger charge is 2.36. The third-order valence-corrected chi connectivity index (χ3v) is 5.81. The molecular formula is C15H28N4S. The van der Waals surface area contributed by atoms with Crippen molar-refractivity contribution in [1.29, 1.82) is 0 Å². The standard InChI is InChI=1S/C15H28N4S/c1-6-16-12-8-7-11(15(2,3)4)9-13(12)20-14-17-10-18-19(14)5/h10-13,16H,6-9H2,1-5H3. The molecule has 0 amide bonds. The Bertz CT molecular complexity index is 424. The normalized spacial score (nSPS) is 27.8. The van der Waals surface area contributed by atoms with Gasteiger partial charge < -0.3 is 5.32 Å². The lowest BCUT2D eigenvalue weighted by molar-refractivity contribution is 0.165.